The number of carbonyl (C=O) groups is 1. The summed E-state index contributed by atoms with van der Waals surface area (Å²) in [7, 11) is 0. The van der Waals surface area contributed by atoms with Gasteiger partial charge in [0.05, 0.1) is 25.4 Å². The average molecular weight is 236 g/mol. The zero-order valence-electron chi connectivity index (χ0n) is 8.67. The second-order valence-electron chi connectivity index (χ2n) is 3.28. The van der Waals surface area contributed by atoms with Crippen LogP contribution in [0.25, 0.3) is 0 Å². The fourth-order valence-corrected chi connectivity index (χ4v) is 1.96. The Kier molecular flexibility index (Phi) is 3.66. The van der Waals surface area contributed by atoms with E-state index < -0.39 is 0 Å². The molecule has 6 heteroatoms. The summed E-state index contributed by atoms with van der Waals surface area (Å²) in [4.78, 5) is 13.0. The van der Waals surface area contributed by atoms with Crippen LogP contribution in [0.3, 0.4) is 0 Å². The molecule has 0 fully saturated rings. The van der Waals surface area contributed by atoms with E-state index in [1.54, 1.807) is 28.5 Å². The Morgan fingerprint density at radius 3 is 2.94 bits per heavy atom. The van der Waals surface area contributed by atoms with Crippen molar-refractivity contribution in [2.24, 2.45) is 0 Å². The maximum Gasteiger partial charge on any atom is 0.224 e. The lowest BCUT2D eigenvalue weighted by molar-refractivity contribution is -0.120. The van der Waals surface area contributed by atoms with E-state index in [0.29, 0.717) is 19.5 Å². The van der Waals surface area contributed by atoms with Crippen molar-refractivity contribution in [3.8, 4) is 0 Å². The van der Waals surface area contributed by atoms with Gasteiger partial charge in [0, 0.05) is 6.54 Å². The minimum atomic E-state index is 0.0329. The maximum absolute atomic E-state index is 11.5. The van der Waals surface area contributed by atoms with Crippen LogP contribution >= 0.6 is 11.3 Å². The van der Waals surface area contributed by atoms with Crippen LogP contribution in [0.4, 0.5) is 0 Å². The molecule has 0 saturated carbocycles. The standard InChI is InChI=1S/C10H12N4OS/c15-10(7-9-1-6-16-8-9)11-4-5-14-12-2-3-13-14/h1-3,6,8H,4-5,7H2,(H,11,15). The van der Waals surface area contributed by atoms with E-state index in [1.807, 2.05) is 16.8 Å². The third kappa shape index (κ3) is 3.16. The number of hydrogen-bond acceptors (Lipinski definition) is 4. The number of aromatic nitrogens is 3. The molecule has 16 heavy (non-hydrogen) atoms. The van der Waals surface area contributed by atoms with Gasteiger partial charge in [-0.2, -0.15) is 26.3 Å². The summed E-state index contributed by atoms with van der Waals surface area (Å²) in [6.07, 6.45) is 3.68. The molecule has 0 unspecified atom stereocenters. The molecule has 2 aromatic heterocycles. The third-order valence-corrected chi connectivity index (χ3v) is 2.78. The molecule has 1 N–H and O–H groups in total. The Balaban J connectivity index is 1.68. The number of hydrogen-bond donors (Lipinski definition) is 1. The first-order valence-electron chi connectivity index (χ1n) is 4.96. The molecule has 0 aliphatic rings. The largest absolute Gasteiger partial charge is 0.354 e. The van der Waals surface area contributed by atoms with Crippen LogP contribution in [0, 0.1) is 0 Å². The summed E-state index contributed by atoms with van der Waals surface area (Å²) >= 11 is 1.60. The van der Waals surface area contributed by atoms with Gasteiger partial charge < -0.3 is 5.32 Å². The second kappa shape index (κ2) is 5.41. The first-order chi connectivity index (χ1) is 7.84. The molecule has 0 bridgehead atoms. The average Bonchev–Trinajstić information content (AvgIpc) is 2.90. The number of thiophene rings is 1. The van der Waals surface area contributed by atoms with Crippen LogP contribution in [0.2, 0.25) is 0 Å². The molecule has 0 aliphatic heterocycles. The molecule has 0 spiro atoms. The number of rotatable bonds is 5. The smallest absolute Gasteiger partial charge is 0.224 e. The van der Waals surface area contributed by atoms with Crippen molar-refractivity contribution in [1.29, 1.82) is 0 Å². The molecule has 0 radical (unpaired) electrons. The lowest BCUT2D eigenvalue weighted by Crippen LogP contribution is -2.29. The molecule has 84 valence electrons. The van der Waals surface area contributed by atoms with E-state index in [9.17, 15) is 4.79 Å². The first-order valence-corrected chi connectivity index (χ1v) is 5.91. The molecule has 2 heterocycles. The van der Waals surface area contributed by atoms with Crippen molar-refractivity contribution >= 4 is 17.2 Å². The SMILES string of the molecule is O=C(Cc1ccsc1)NCCn1nccn1. The lowest BCUT2D eigenvalue weighted by Gasteiger charge is -2.03. The van der Waals surface area contributed by atoms with E-state index in [2.05, 4.69) is 15.5 Å². The van der Waals surface area contributed by atoms with Gasteiger partial charge in [-0.1, -0.05) is 0 Å². The highest BCUT2D eigenvalue weighted by molar-refractivity contribution is 7.07. The van der Waals surface area contributed by atoms with Gasteiger partial charge in [0.25, 0.3) is 0 Å². The third-order valence-electron chi connectivity index (χ3n) is 2.05. The molecule has 2 aromatic rings. The number of nitrogens with zero attached hydrogens (tertiary/aromatic N) is 3. The van der Waals surface area contributed by atoms with Gasteiger partial charge in [0.1, 0.15) is 0 Å². The normalized spacial score (nSPS) is 10.2. The zero-order valence-corrected chi connectivity index (χ0v) is 9.48. The zero-order chi connectivity index (χ0) is 11.2. The quantitative estimate of drug-likeness (QED) is 0.831. The highest BCUT2D eigenvalue weighted by Gasteiger charge is 2.02. The summed E-state index contributed by atoms with van der Waals surface area (Å²) < 4.78 is 0. The topological polar surface area (TPSA) is 59.8 Å². The van der Waals surface area contributed by atoms with Crippen LogP contribution in [-0.4, -0.2) is 27.4 Å². The Hall–Kier alpha value is -1.69. The molecule has 2 rings (SSSR count). The summed E-state index contributed by atoms with van der Waals surface area (Å²) in [5, 5.41) is 14.7. The highest BCUT2D eigenvalue weighted by atomic mass is 32.1. The fraction of sp³-hybridized carbons (Fsp3) is 0.300. The first kappa shape index (κ1) is 10.8. The minimum Gasteiger partial charge on any atom is -0.354 e. The summed E-state index contributed by atoms with van der Waals surface area (Å²) in [6, 6.07) is 1.96. The van der Waals surface area contributed by atoms with Crippen LogP contribution < -0.4 is 5.32 Å². The van der Waals surface area contributed by atoms with Crippen molar-refractivity contribution < 1.29 is 4.79 Å². The van der Waals surface area contributed by atoms with Crippen LogP contribution in [0.5, 0.6) is 0 Å². The molecular weight excluding hydrogens is 224 g/mol. The van der Waals surface area contributed by atoms with Gasteiger partial charge in [-0.05, 0) is 22.4 Å². The maximum atomic E-state index is 11.5. The van der Waals surface area contributed by atoms with Crippen LogP contribution in [-0.2, 0) is 17.8 Å². The van der Waals surface area contributed by atoms with Gasteiger partial charge in [0.2, 0.25) is 5.91 Å². The number of amides is 1. The molecule has 0 aliphatic carbocycles. The lowest BCUT2D eigenvalue weighted by atomic mass is 10.2. The number of nitrogens with one attached hydrogen (secondary N) is 1. The Morgan fingerprint density at radius 1 is 1.44 bits per heavy atom. The highest BCUT2D eigenvalue weighted by Crippen LogP contribution is 2.05. The van der Waals surface area contributed by atoms with Crippen LogP contribution in [0.15, 0.2) is 29.2 Å². The Morgan fingerprint density at radius 2 is 2.25 bits per heavy atom. The van der Waals surface area contributed by atoms with E-state index in [-0.39, 0.29) is 5.91 Å². The summed E-state index contributed by atoms with van der Waals surface area (Å²) in [6.45, 7) is 1.15. The van der Waals surface area contributed by atoms with Gasteiger partial charge in [0.15, 0.2) is 0 Å². The molecule has 0 aromatic carbocycles. The Labute approximate surface area is 97.1 Å². The van der Waals surface area contributed by atoms with Gasteiger partial charge in [-0.25, -0.2) is 0 Å². The predicted molar refractivity (Wildman–Crippen MR) is 61.1 cm³/mol. The van der Waals surface area contributed by atoms with Crippen molar-refractivity contribution in [2.45, 2.75) is 13.0 Å². The van der Waals surface area contributed by atoms with E-state index in [0.717, 1.165) is 5.56 Å². The minimum absolute atomic E-state index is 0.0329. The van der Waals surface area contributed by atoms with E-state index >= 15 is 0 Å². The van der Waals surface area contributed by atoms with E-state index in [1.165, 1.54) is 0 Å². The predicted octanol–water partition coefficient (Wildman–Crippen LogP) is 0.698. The molecule has 5 nitrogen and oxygen atoms in total. The van der Waals surface area contributed by atoms with Gasteiger partial charge in [-0.15, -0.1) is 0 Å². The Bertz CT molecular complexity index is 424. The van der Waals surface area contributed by atoms with Crippen LogP contribution in [0.1, 0.15) is 5.56 Å². The van der Waals surface area contributed by atoms with Crippen molar-refractivity contribution in [3.05, 3.63) is 34.8 Å². The summed E-state index contributed by atoms with van der Waals surface area (Å²) in [5.74, 6) is 0.0329. The van der Waals surface area contributed by atoms with Gasteiger partial charge >= 0.3 is 0 Å². The van der Waals surface area contributed by atoms with E-state index in [4.69, 9.17) is 0 Å². The molecule has 0 atom stereocenters. The molecule has 1 amide bonds. The van der Waals surface area contributed by atoms with Gasteiger partial charge in [-0.3, -0.25) is 4.79 Å². The molecular formula is C10H12N4OS. The van der Waals surface area contributed by atoms with Crippen molar-refractivity contribution in [3.63, 3.8) is 0 Å². The fourth-order valence-electron chi connectivity index (χ4n) is 1.30. The van der Waals surface area contributed by atoms with Crippen molar-refractivity contribution in [1.82, 2.24) is 20.3 Å². The second-order valence-corrected chi connectivity index (χ2v) is 4.06. The molecule has 0 saturated heterocycles. The van der Waals surface area contributed by atoms with Crippen molar-refractivity contribution in [2.75, 3.05) is 6.54 Å². The summed E-state index contributed by atoms with van der Waals surface area (Å²) in [5.41, 5.74) is 1.06. The monoisotopic (exact) mass is 236 g/mol. The number of carbonyl (C=O) groups excluding carboxylic acids is 1.